The molecule has 0 aliphatic heterocycles. The maximum Gasteiger partial charge on any atom is 0.259 e. The first-order valence-corrected chi connectivity index (χ1v) is 10.9. The summed E-state index contributed by atoms with van der Waals surface area (Å²) >= 11 is 0. The van der Waals surface area contributed by atoms with Gasteiger partial charge in [-0.1, -0.05) is 48.5 Å². The summed E-state index contributed by atoms with van der Waals surface area (Å²) in [5, 5.41) is 7.22. The van der Waals surface area contributed by atoms with Crippen molar-refractivity contribution < 1.29 is 14.4 Å². The molecule has 7 heteroatoms. The van der Waals surface area contributed by atoms with Gasteiger partial charge in [0.05, 0.1) is 11.9 Å². The van der Waals surface area contributed by atoms with Crippen molar-refractivity contribution in [3.05, 3.63) is 78.0 Å². The average molecular weight is 433 g/mol. The number of rotatable bonds is 10. The van der Waals surface area contributed by atoms with Gasteiger partial charge in [0.25, 0.3) is 5.91 Å². The lowest BCUT2D eigenvalue weighted by Gasteiger charge is -2.19. The van der Waals surface area contributed by atoms with Crippen molar-refractivity contribution in [2.24, 2.45) is 0 Å². The SMILES string of the molecule is CCN(CC)C(=O)c1cnn(-c2ccccc2)c1NC(=O)CCCC(=O)c1ccccc1. The molecule has 0 saturated carbocycles. The van der Waals surface area contributed by atoms with Gasteiger partial charge < -0.3 is 10.2 Å². The Bertz CT molecular complexity index is 1060. The van der Waals surface area contributed by atoms with E-state index in [0.717, 1.165) is 5.69 Å². The number of benzene rings is 2. The Morgan fingerprint density at radius 3 is 2.16 bits per heavy atom. The van der Waals surface area contributed by atoms with E-state index in [1.54, 1.807) is 21.7 Å². The molecule has 1 heterocycles. The highest BCUT2D eigenvalue weighted by Gasteiger charge is 2.23. The molecule has 0 fully saturated rings. The maximum atomic E-state index is 13.0. The molecule has 3 aromatic rings. The van der Waals surface area contributed by atoms with E-state index in [4.69, 9.17) is 0 Å². The fraction of sp³-hybridized carbons (Fsp3) is 0.280. The predicted octanol–water partition coefficient (Wildman–Crippen LogP) is 4.35. The van der Waals surface area contributed by atoms with Gasteiger partial charge in [0.15, 0.2) is 5.78 Å². The molecule has 0 radical (unpaired) electrons. The molecule has 0 atom stereocenters. The molecule has 1 N–H and O–H groups in total. The van der Waals surface area contributed by atoms with Crippen molar-refractivity contribution >= 4 is 23.4 Å². The van der Waals surface area contributed by atoms with Crippen LogP contribution in [0.3, 0.4) is 0 Å². The van der Waals surface area contributed by atoms with E-state index in [9.17, 15) is 14.4 Å². The second kappa shape index (κ2) is 11.0. The minimum Gasteiger partial charge on any atom is -0.339 e. The summed E-state index contributed by atoms with van der Waals surface area (Å²) in [5.41, 5.74) is 1.72. The highest BCUT2D eigenvalue weighted by atomic mass is 16.2. The fourth-order valence-corrected chi connectivity index (χ4v) is 3.44. The number of hydrogen-bond donors (Lipinski definition) is 1. The summed E-state index contributed by atoms with van der Waals surface area (Å²) in [6, 6.07) is 18.4. The van der Waals surface area contributed by atoms with Crippen molar-refractivity contribution in [2.75, 3.05) is 18.4 Å². The molecule has 0 spiro atoms. The van der Waals surface area contributed by atoms with Crippen LogP contribution in [0.25, 0.3) is 5.69 Å². The number of amides is 2. The van der Waals surface area contributed by atoms with Crippen LogP contribution < -0.4 is 5.32 Å². The van der Waals surface area contributed by atoms with E-state index in [1.807, 2.05) is 62.4 Å². The van der Waals surface area contributed by atoms with Crippen molar-refractivity contribution in [3.63, 3.8) is 0 Å². The number of ketones is 1. The van der Waals surface area contributed by atoms with E-state index in [-0.39, 0.29) is 30.4 Å². The number of aromatic nitrogens is 2. The summed E-state index contributed by atoms with van der Waals surface area (Å²) in [7, 11) is 0. The van der Waals surface area contributed by atoms with Crippen LogP contribution in [0.1, 0.15) is 53.8 Å². The third-order valence-corrected chi connectivity index (χ3v) is 5.21. The molecular weight excluding hydrogens is 404 g/mol. The molecule has 7 nitrogen and oxygen atoms in total. The number of carbonyl (C=O) groups is 3. The second-order valence-corrected chi connectivity index (χ2v) is 7.32. The van der Waals surface area contributed by atoms with Gasteiger partial charge in [-0.25, -0.2) is 4.68 Å². The summed E-state index contributed by atoms with van der Waals surface area (Å²) in [5.74, 6) is -0.110. The number of nitrogens with one attached hydrogen (secondary N) is 1. The normalized spacial score (nSPS) is 10.6. The number of para-hydroxylation sites is 1. The number of anilines is 1. The molecule has 166 valence electrons. The zero-order valence-corrected chi connectivity index (χ0v) is 18.5. The molecule has 3 rings (SSSR count). The average Bonchev–Trinajstić information content (AvgIpc) is 3.24. The van der Waals surface area contributed by atoms with E-state index in [2.05, 4.69) is 10.4 Å². The Morgan fingerprint density at radius 2 is 1.53 bits per heavy atom. The first-order valence-electron chi connectivity index (χ1n) is 10.9. The summed E-state index contributed by atoms with van der Waals surface area (Å²) in [6.07, 6.45) is 2.35. The van der Waals surface area contributed by atoms with Gasteiger partial charge in [-0.2, -0.15) is 5.10 Å². The minimum absolute atomic E-state index is 0.00475. The predicted molar refractivity (Wildman–Crippen MR) is 124 cm³/mol. The van der Waals surface area contributed by atoms with Crippen LogP contribution in [0.4, 0.5) is 5.82 Å². The van der Waals surface area contributed by atoms with E-state index < -0.39 is 0 Å². The topological polar surface area (TPSA) is 84.3 Å². The molecular formula is C25H28N4O3. The van der Waals surface area contributed by atoms with Gasteiger partial charge in [0.2, 0.25) is 5.91 Å². The largest absolute Gasteiger partial charge is 0.339 e. The lowest BCUT2D eigenvalue weighted by atomic mass is 10.1. The lowest BCUT2D eigenvalue weighted by Crippen LogP contribution is -2.31. The Morgan fingerprint density at radius 1 is 0.906 bits per heavy atom. The molecule has 2 aromatic carbocycles. The van der Waals surface area contributed by atoms with Crippen molar-refractivity contribution in [1.29, 1.82) is 0 Å². The van der Waals surface area contributed by atoms with Crippen LogP contribution in [-0.4, -0.2) is 45.4 Å². The van der Waals surface area contributed by atoms with E-state index in [0.29, 0.717) is 36.5 Å². The van der Waals surface area contributed by atoms with Crippen LogP contribution in [0.15, 0.2) is 66.9 Å². The van der Waals surface area contributed by atoms with Gasteiger partial charge in [0.1, 0.15) is 11.4 Å². The van der Waals surface area contributed by atoms with Crippen LogP contribution in [0, 0.1) is 0 Å². The molecule has 0 aliphatic carbocycles. The quantitative estimate of drug-likeness (QED) is 0.483. The molecule has 32 heavy (non-hydrogen) atoms. The summed E-state index contributed by atoms with van der Waals surface area (Å²) < 4.78 is 1.56. The number of nitrogens with zero attached hydrogens (tertiary/aromatic N) is 3. The maximum absolute atomic E-state index is 13.0. The molecule has 2 amide bonds. The van der Waals surface area contributed by atoms with Crippen LogP contribution in [0.2, 0.25) is 0 Å². The molecule has 0 bridgehead atoms. The lowest BCUT2D eigenvalue weighted by molar-refractivity contribution is -0.116. The van der Waals surface area contributed by atoms with Gasteiger partial charge in [0, 0.05) is 31.5 Å². The summed E-state index contributed by atoms with van der Waals surface area (Å²) in [6.45, 7) is 4.93. The Balaban J connectivity index is 1.74. The molecule has 1 aromatic heterocycles. The third kappa shape index (κ3) is 5.49. The summed E-state index contributed by atoms with van der Waals surface area (Å²) in [4.78, 5) is 39.6. The van der Waals surface area contributed by atoms with Crippen LogP contribution in [-0.2, 0) is 4.79 Å². The van der Waals surface area contributed by atoms with Gasteiger partial charge in [-0.05, 0) is 32.4 Å². The van der Waals surface area contributed by atoms with Crippen molar-refractivity contribution in [2.45, 2.75) is 33.1 Å². The van der Waals surface area contributed by atoms with Gasteiger partial charge in [-0.3, -0.25) is 14.4 Å². The van der Waals surface area contributed by atoms with Crippen LogP contribution >= 0.6 is 0 Å². The van der Waals surface area contributed by atoms with Crippen LogP contribution in [0.5, 0.6) is 0 Å². The number of hydrogen-bond acceptors (Lipinski definition) is 4. The standard InChI is InChI=1S/C25H28N4O3/c1-3-28(4-2)25(32)21-18-26-29(20-14-9-6-10-15-20)24(21)27-23(31)17-11-16-22(30)19-12-7-5-8-13-19/h5-10,12-15,18H,3-4,11,16-17H2,1-2H3,(H,27,31). The highest BCUT2D eigenvalue weighted by molar-refractivity contribution is 6.03. The fourth-order valence-electron chi connectivity index (χ4n) is 3.44. The van der Waals surface area contributed by atoms with E-state index >= 15 is 0 Å². The van der Waals surface area contributed by atoms with E-state index in [1.165, 1.54) is 6.20 Å². The van der Waals surface area contributed by atoms with Crippen molar-refractivity contribution in [3.8, 4) is 5.69 Å². The van der Waals surface area contributed by atoms with Crippen molar-refractivity contribution in [1.82, 2.24) is 14.7 Å². The monoisotopic (exact) mass is 432 g/mol. The first-order chi connectivity index (χ1) is 15.5. The first kappa shape index (κ1) is 22.9. The molecule has 0 unspecified atom stereocenters. The number of carbonyl (C=O) groups excluding carboxylic acids is 3. The number of Topliss-reactive ketones (excluding diaryl/α,β-unsaturated/α-hetero) is 1. The molecule has 0 saturated heterocycles. The zero-order valence-electron chi connectivity index (χ0n) is 18.5. The highest BCUT2D eigenvalue weighted by Crippen LogP contribution is 2.22. The molecule has 0 aliphatic rings. The van der Waals surface area contributed by atoms with Gasteiger partial charge in [-0.15, -0.1) is 0 Å². The smallest absolute Gasteiger partial charge is 0.259 e. The Labute approximate surface area is 188 Å². The third-order valence-electron chi connectivity index (χ3n) is 5.21. The minimum atomic E-state index is -0.267. The second-order valence-electron chi connectivity index (χ2n) is 7.32. The van der Waals surface area contributed by atoms with Gasteiger partial charge >= 0.3 is 0 Å². The zero-order chi connectivity index (χ0) is 22.9. The Hall–Kier alpha value is -3.74. The Kier molecular flexibility index (Phi) is 7.91.